The van der Waals surface area contributed by atoms with Crippen LogP contribution in [-0.2, 0) is 14.3 Å². The number of hydrogen-bond acceptors (Lipinski definition) is 5. The molecule has 0 aromatic rings. The standard InChI is InChI=1S/C61H121NO5/c1-3-5-7-9-11-13-15-17-19-20-21-22-23-24-25-27-29-33-37-41-45-49-53-59(64)58(57-63)62-60(65)54-50-46-42-38-34-30-28-32-36-40-44-48-52-56-67-61(66)55-51-47-43-39-35-31-26-18-16-14-12-10-8-6-4-2/h58-59,63-64H,3-57H2,1-2H3,(H,62,65). The SMILES string of the molecule is CCCCCCCCCCCCCCCCCCCCCCCCC(O)C(CO)NC(=O)CCCCCCCCCCCCCCCOC(=O)CCCCCCCCCCCCCCCCC. The third-order valence-electron chi connectivity index (χ3n) is 14.7. The summed E-state index contributed by atoms with van der Waals surface area (Å²) in [7, 11) is 0. The molecule has 0 aliphatic heterocycles. The van der Waals surface area contributed by atoms with Crippen LogP contribution in [0, 0.1) is 0 Å². The number of ether oxygens (including phenoxy) is 1. The zero-order chi connectivity index (χ0) is 48.6. The van der Waals surface area contributed by atoms with Crippen LogP contribution in [0.1, 0.15) is 354 Å². The number of carbonyl (C=O) groups excluding carboxylic acids is 2. The van der Waals surface area contributed by atoms with E-state index in [9.17, 15) is 19.8 Å². The minimum absolute atomic E-state index is 0.000941. The molecule has 0 aliphatic carbocycles. The summed E-state index contributed by atoms with van der Waals surface area (Å²) >= 11 is 0. The highest BCUT2D eigenvalue weighted by molar-refractivity contribution is 5.76. The van der Waals surface area contributed by atoms with E-state index >= 15 is 0 Å². The van der Waals surface area contributed by atoms with Gasteiger partial charge in [-0.05, 0) is 25.7 Å². The Hall–Kier alpha value is -1.14. The number of unbranched alkanes of at least 4 members (excludes halogenated alkanes) is 47. The van der Waals surface area contributed by atoms with E-state index in [0.717, 1.165) is 51.4 Å². The number of aliphatic hydroxyl groups is 2. The zero-order valence-corrected chi connectivity index (χ0v) is 45.7. The number of amides is 1. The molecule has 0 heterocycles. The largest absolute Gasteiger partial charge is 0.466 e. The van der Waals surface area contributed by atoms with Crippen molar-refractivity contribution in [1.29, 1.82) is 0 Å². The Kier molecular flexibility index (Phi) is 56.5. The Balaban J connectivity index is 3.42. The van der Waals surface area contributed by atoms with Crippen molar-refractivity contribution in [2.75, 3.05) is 13.2 Å². The Labute approximate surface area is 419 Å². The van der Waals surface area contributed by atoms with Gasteiger partial charge in [0, 0.05) is 12.8 Å². The van der Waals surface area contributed by atoms with E-state index < -0.39 is 12.1 Å². The molecule has 2 atom stereocenters. The second-order valence-corrected chi connectivity index (χ2v) is 21.4. The summed E-state index contributed by atoms with van der Waals surface area (Å²) in [5.41, 5.74) is 0. The molecule has 6 heteroatoms. The highest BCUT2D eigenvalue weighted by Crippen LogP contribution is 2.18. The molecule has 400 valence electrons. The summed E-state index contributed by atoms with van der Waals surface area (Å²) in [6, 6.07) is -0.551. The normalized spacial score (nSPS) is 12.5. The number of hydrogen-bond donors (Lipinski definition) is 3. The van der Waals surface area contributed by atoms with E-state index in [1.807, 2.05) is 0 Å². The van der Waals surface area contributed by atoms with Gasteiger partial charge < -0.3 is 20.3 Å². The van der Waals surface area contributed by atoms with Crippen LogP contribution in [0.25, 0.3) is 0 Å². The fourth-order valence-corrected chi connectivity index (χ4v) is 9.94. The number of rotatable bonds is 58. The summed E-state index contributed by atoms with van der Waals surface area (Å²) in [5, 5.41) is 23.4. The van der Waals surface area contributed by atoms with Gasteiger partial charge in [0.2, 0.25) is 5.91 Å². The van der Waals surface area contributed by atoms with Gasteiger partial charge in [0.15, 0.2) is 0 Å². The molecular weight excluding hydrogens is 827 g/mol. The van der Waals surface area contributed by atoms with E-state index in [0.29, 0.717) is 25.9 Å². The molecule has 6 nitrogen and oxygen atoms in total. The van der Waals surface area contributed by atoms with Crippen LogP contribution in [0.2, 0.25) is 0 Å². The first-order chi connectivity index (χ1) is 33.0. The minimum Gasteiger partial charge on any atom is -0.466 e. The van der Waals surface area contributed by atoms with Gasteiger partial charge in [-0.1, -0.05) is 316 Å². The Morgan fingerprint density at radius 3 is 0.910 bits per heavy atom. The maximum Gasteiger partial charge on any atom is 0.305 e. The summed E-state index contributed by atoms with van der Waals surface area (Å²) in [5.74, 6) is -0.0437. The molecule has 3 N–H and O–H groups in total. The van der Waals surface area contributed by atoms with Crippen molar-refractivity contribution < 1.29 is 24.5 Å². The average molecular weight is 949 g/mol. The molecule has 0 rings (SSSR count). The first-order valence-corrected chi connectivity index (χ1v) is 30.8. The van der Waals surface area contributed by atoms with Crippen molar-refractivity contribution in [3.05, 3.63) is 0 Å². The molecule has 0 bridgehead atoms. The molecule has 67 heavy (non-hydrogen) atoms. The molecule has 0 saturated heterocycles. The molecule has 0 spiro atoms. The topological polar surface area (TPSA) is 95.9 Å². The van der Waals surface area contributed by atoms with Crippen LogP contribution < -0.4 is 5.32 Å². The van der Waals surface area contributed by atoms with Crippen molar-refractivity contribution in [2.45, 2.75) is 366 Å². The van der Waals surface area contributed by atoms with Crippen molar-refractivity contribution in [3.63, 3.8) is 0 Å². The maximum atomic E-state index is 12.5. The van der Waals surface area contributed by atoms with Gasteiger partial charge in [0.1, 0.15) is 0 Å². The second kappa shape index (κ2) is 57.4. The molecule has 0 fully saturated rings. The maximum absolute atomic E-state index is 12.5. The average Bonchev–Trinajstić information content (AvgIpc) is 3.33. The van der Waals surface area contributed by atoms with Gasteiger partial charge in [0.05, 0.1) is 25.4 Å². The molecular formula is C61H121NO5. The molecule has 1 amide bonds. The van der Waals surface area contributed by atoms with Crippen molar-refractivity contribution in [3.8, 4) is 0 Å². The van der Waals surface area contributed by atoms with Crippen LogP contribution in [0.15, 0.2) is 0 Å². The lowest BCUT2D eigenvalue weighted by Gasteiger charge is -2.22. The second-order valence-electron chi connectivity index (χ2n) is 21.4. The summed E-state index contributed by atoms with van der Waals surface area (Å²) < 4.78 is 5.48. The summed E-state index contributed by atoms with van der Waals surface area (Å²) in [6.07, 6.45) is 66.7. The predicted octanol–water partition coefficient (Wildman–Crippen LogP) is 19.1. The molecule has 0 radical (unpaired) electrons. The number of carbonyl (C=O) groups is 2. The predicted molar refractivity (Wildman–Crippen MR) is 292 cm³/mol. The highest BCUT2D eigenvalue weighted by Gasteiger charge is 2.20. The molecule has 0 aromatic carbocycles. The van der Waals surface area contributed by atoms with Crippen LogP contribution in [0.5, 0.6) is 0 Å². The lowest BCUT2D eigenvalue weighted by Crippen LogP contribution is -2.45. The molecule has 0 saturated carbocycles. The zero-order valence-electron chi connectivity index (χ0n) is 45.7. The van der Waals surface area contributed by atoms with Crippen molar-refractivity contribution >= 4 is 11.9 Å². The van der Waals surface area contributed by atoms with Gasteiger partial charge in [-0.2, -0.15) is 0 Å². The third kappa shape index (κ3) is 54.0. The smallest absolute Gasteiger partial charge is 0.305 e. The van der Waals surface area contributed by atoms with Crippen LogP contribution >= 0.6 is 0 Å². The van der Waals surface area contributed by atoms with Gasteiger partial charge in [-0.3, -0.25) is 9.59 Å². The van der Waals surface area contributed by atoms with Crippen LogP contribution in [-0.4, -0.2) is 47.4 Å². The number of esters is 1. The lowest BCUT2D eigenvalue weighted by molar-refractivity contribution is -0.143. The van der Waals surface area contributed by atoms with Crippen LogP contribution in [0.3, 0.4) is 0 Å². The van der Waals surface area contributed by atoms with Gasteiger partial charge in [-0.15, -0.1) is 0 Å². The van der Waals surface area contributed by atoms with Gasteiger partial charge in [-0.25, -0.2) is 0 Å². The number of aliphatic hydroxyl groups excluding tert-OH is 2. The molecule has 0 aromatic heterocycles. The molecule has 2 unspecified atom stereocenters. The van der Waals surface area contributed by atoms with E-state index in [-0.39, 0.29) is 18.5 Å². The van der Waals surface area contributed by atoms with E-state index in [1.165, 1.54) is 270 Å². The first-order valence-electron chi connectivity index (χ1n) is 30.8. The minimum atomic E-state index is -0.672. The fraction of sp³-hybridized carbons (Fsp3) is 0.967. The molecule has 0 aliphatic rings. The quantitative estimate of drug-likeness (QED) is 0.0417. The van der Waals surface area contributed by atoms with Crippen molar-refractivity contribution in [2.24, 2.45) is 0 Å². The number of nitrogens with one attached hydrogen (secondary N) is 1. The third-order valence-corrected chi connectivity index (χ3v) is 14.7. The van der Waals surface area contributed by atoms with Crippen LogP contribution in [0.4, 0.5) is 0 Å². The van der Waals surface area contributed by atoms with Gasteiger partial charge in [0.25, 0.3) is 0 Å². The fourth-order valence-electron chi connectivity index (χ4n) is 9.94. The van der Waals surface area contributed by atoms with E-state index in [4.69, 9.17) is 4.74 Å². The summed E-state index contributed by atoms with van der Waals surface area (Å²) in [6.45, 7) is 4.96. The van der Waals surface area contributed by atoms with Gasteiger partial charge >= 0.3 is 5.97 Å². The Morgan fingerprint density at radius 1 is 0.358 bits per heavy atom. The Morgan fingerprint density at radius 2 is 0.612 bits per heavy atom. The highest BCUT2D eigenvalue weighted by atomic mass is 16.5. The van der Waals surface area contributed by atoms with E-state index in [2.05, 4.69) is 19.2 Å². The van der Waals surface area contributed by atoms with Crippen molar-refractivity contribution in [1.82, 2.24) is 5.32 Å². The Bertz CT molecular complexity index is 959. The van der Waals surface area contributed by atoms with E-state index in [1.54, 1.807) is 0 Å². The monoisotopic (exact) mass is 948 g/mol. The first kappa shape index (κ1) is 65.9. The lowest BCUT2D eigenvalue weighted by atomic mass is 10.0. The summed E-state index contributed by atoms with van der Waals surface area (Å²) in [4.78, 5) is 24.6.